The summed E-state index contributed by atoms with van der Waals surface area (Å²) in [4.78, 5) is 12.9. The van der Waals surface area contributed by atoms with Crippen LogP contribution in [0.2, 0.25) is 0 Å². The van der Waals surface area contributed by atoms with Crippen LogP contribution in [0, 0.1) is 0 Å². The monoisotopic (exact) mass is 238 g/mol. The molecule has 1 aliphatic rings. The van der Waals surface area contributed by atoms with Gasteiger partial charge >= 0.3 is 0 Å². The third-order valence-electron chi connectivity index (χ3n) is 3.26. The summed E-state index contributed by atoms with van der Waals surface area (Å²) in [6.07, 6.45) is 4.53. The summed E-state index contributed by atoms with van der Waals surface area (Å²) in [6, 6.07) is 3.31. The van der Waals surface area contributed by atoms with Crippen LogP contribution >= 0.6 is 11.3 Å². The van der Waals surface area contributed by atoms with Gasteiger partial charge in [-0.2, -0.15) is 0 Å². The third kappa shape index (κ3) is 2.44. The van der Waals surface area contributed by atoms with E-state index in [9.17, 15) is 4.79 Å². The Bertz CT molecular complexity index is 355. The van der Waals surface area contributed by atoms with Gasteiger partial charge in [-0.15, -0.1) is 11.3 Å². The Morgan fingerprint density at radius 2 is 2.25 bits per heavy atom. The van der Waals surface area contributed by atoms with E-state index in [-0.39, 0.29) is 11.4 Å². The summed E-state index contributed by atoms with van der Waals surface area (Å²) in [7, 11) is 0. The van der Waals surface area contributed by atoms with Crippen molar-refractivity contribution < 1.29 is 4.79 Å². The van der Waals surface area contributed by atoms with Crippen LogP contribution in [0.3, 0.4) is 0 Å². The number of thiophene rings is 1. The van der Waals surface area contributed by atoms with Crippen molar-refractivity contribution in [2.24, 2.45) is 5.73 Å². The van der Waals surface area contributed by atoms with Crippen molar-refractivity contribution in [3.8, 4) is 0 Å². The molecule has 0 spiro atoms. The maximum Gasteiger partial charge on any atom is 0.242 e. The molecule has 1 aromatic heterocycles. The zero-order valence-corrected chi connectivity index (χ0v) is 10.3. The molecule has 0 radical (unpaired) electrons. The highest BCUT2D eigenvalue weighted by atomic mass is 32.1. The van der Waals surface area contributed by atoms with E-state index in [0.717, 1.165) is 17.7 Å². The van der Waals surface area contributed by atoms with Crippen LogP contribution in [0.1, 0.15) is 43.5 Å². The summed E-state index contributed by atoms with van der Waals surface area (Å²) in [6.45, 7) is 2.11. The Morgan fingerprint density at radius 1 is 1.56 bits per heavy atom. The number of carbonyl (C=O) groups excluding carboxylic acids is 1. The third-order valence-corrected chi connectivity index (χ3v) is 4.22. The average Bonchev–Trinajstić information content (AvgIpc) is 2.87. The van der Waals surface area contributed by atoms with Gasteiger partial charge in [0.05, 0.1) is 0 Å². The van der Waals surface area contributed by atoms with Gasteiger partial charge in [-0.3, -0.25) is 4.79 Å². The van der Waals surface area contributed by atoms with Gasteiger partial charge in [-0.25, -0.2) is 0 Å². The van der Waals surface area contributed by atoms with Crippen LogP contribution in [0.5, 0.6) is 0 Å². The molecule has 1 aliphatic carbocycles. The summed E-state index contributed by atoms with van der Waals surface area (Å²) in [5.41, 5.74) is 5.88. The number of hydrogen-bond donors (Lipinski definition) is 2. The van der Waals surface area contributed by atoms with Gasteiger partial charge in [0.15, 0.2) is 0 Å². The van der Waals surface area contributed by atoms with Crippen molar-refractivity contribution in [1.82, 2.24) is 5.32 Å². The van der Waals surface area contributed by atoms with E-state index in [1.807, 2.05) is 17.5 Å². The number of hydrogen-bond acceptors (Lipinski definition) is 3. The van der Waals surface area contributed by atoms with Crippen LogP contribution in [0.15, 0.2) is 17.5 Å². The Labute approximate surface area is 100 Å². The molecule has 4 heteroatoms. The fraction of sp³-hybridized carbons (Fsp3) is 0.583. The van der Waals surface area contributed by atoms with Crippen LogP contribution in [0.25, 0.3) is 0 Å². The molecule has 1 atom stereocenters. The van der Waals surface area contributed by atoms with Gasteiger partial charge in [-0.1, -0.05) is 18.9 Å². The van der Waals surface area contributed by atoms with E-state index in [2.05, 4.69) is 12.2 Å². The first kappa shape index (κ1) is 11.6. The highest BCUT2D eigenvalue weighted by molar-refractivity contribution is 7.10. The minimum Gasteiger partial charge on any atom is -0.349 e. The topological polar surface area (TPSA) is 55.1 Å². The minimum atomic E-state index is -0.516. The molecule has 0 bridgehead atoms. The van der Waals surface area contributed by atoms with Gasteiger partial charge in [0.1, 0.15) is 6.04 Å². The summed E-state index contributed by atoms with van der Waals surface area (Å²) in [5.74, 6) is -0.0492. The van der Waals surface area contributed by atoms with Gasteiger partial charge in [0.25, 0.3) is 0 Å². The van der Waals surface area contributed by atoms with Crippen molar-refractivity contribution in [2.75, 3.05) is 0 Å². The summed E-state index contributed by atoms with van der Waals surface area (Å²) < 4.78 is 0. The Balaban J connectivity index is 1.98. The second-order valence-electron chi connectivity index (χ2n) is 4.75. The molecule has 3 N–H and O–H groups in total. The molecule has 1 amide bonds. The summed E-state index contributed by atoms with van der Waals surface area (Å²) >= 11 is 1.53. The van der Waals surface area contributed by atoms with Crippen LogP contribution in [-0.2, 0) is 4.79 Å². The molecule has 88 valence electrons. The lowest BCUT2D eigenvalue weighted by Crippen LogP contribution is -2.47. The molecule has 3 nitrogen and oxygen atoms in total. The first-order valence-corrected chi connectivity index (χ1v) is 6.60. The quantitative estimate of drug-likeness (QED) is 0.848. The normalized spacial score (nSPS) is 20.6. The smallest absolute Gasteiger partial charge is 0.242 e. The van der Waals surface area contributed by atoms with Crippen LogP contribution < -0.4 is 11.1 Å². The van der Waals surface area contributed by atoms with Gasteiger partial charge < -0.3 is 11.1 Å². The molecule has 16 heavy (non-hydrogen) atoms. The van der Waals surface area contributed by atoms with Gasteiger partial charge in [0, 0.05) is 10.4 Å². The lowest BCUT2D eigenvalue weighted by atomic mass is 10.00. The predicted octanol–water partition coefficient (Wildman–Crippen LogP) is 2.20. The molecular formula is C12H18N2OS. The zero-order valence-electron chi connectivity index (χ0n) is 9.53. The molecule has 0 saturated heterocycles. The largest absolute Gasteiger partial charge is 0.349 e. The fourth-order valence-corrected chi connectivity index (χ4v) is 2.98. The van der Waals surface area contributed by atoms with Crippen molar-refractivity contribution >= 4 is 17.2 Å². The summed E-state index contributed by atoms with van der Waals surface area (Å²) in [5, 5.41) is 5.03. The number of nitrogens with one attached hydrogen (secondary N) is 1. The standard InChI is InChI=1S/C12H18N2OS/c1-12(6-2-3-7-12)14-11(15)10(13)9-5-4-8-16-9/h4-5,8,10H,2-3,6-7,13H2,1H3,(H,14,15). The van der Waals surface area contributed by atoms with Crippen molar-refractivity contribution in [3.63, 3.8) is 0 Å². The maximum atomic E-state index is 12.0. The maximum absolute atomic E-state index is 12.0. The SMILES string of the molecule is CC1(NC(=O)C(N)c2cccs2)CCCC1. The number of rotatable bonds is 3. The molecular weight excluding hydrogens is 220 g/mol. The second-order valence-corrected chi connectivity index (χ2v) is 5.73. The molecule has 0 aliphatic heterocycles. The second kappa shape index (κ2) is 4.55. The molecule has 1 saturated carbocycles. The highest BCUT2D eigenvalue weighted by Crippen LogP contribution is 2.29. The van der Waals surface area contributed by atoms with E-state index in [1.54, 1.807) is 0 Å². The van der Waals surface area contributed by atoms with Crippen molar-refractivity contribution in [2.45, 2.75) is 44.2 Å². The predicted molar refractivity (Wildman–Crippen MR) is 66.3 cm³/mol. The molecule has 1 unspecified atom stereocenters. The van der Waals surface area contributed by atoms with E-state index in [1.165, 1.54) is 24.2 Å². The van der Waals surface area contributed by atoms with Gasteiger partial charge in [0.2, 0.25) is 5.91 Å². The molecule has 0 aromatic carbocycles. The Morgan fingerprint density at radius 3 is 2.81 bits per heavy atom. The van der Waals surface area contributed by atoms with Crippen LogP contribution in [0.4, 0.5) is 0 Å². The highest BCUT2D eigenvalue weighted by Gasteiger charge is 2.32. The number of nitrogens with two attached hydrogens (primary N) is 1. The van der Waals surface area contributed by atoms with E-state index >= 15 is 0 Å². The van der Waals surface area contributed by atoms with E-state index in [4.69, 9.17) is 5.73 Å². The fourth-order valence-electron chi connectivity index (χ4n) is 2.25. The first-order chi connectivity index (χ1) is 7.61. The lowest BCUT2D eigenvalue weighted by molar-refractivity contribution is -0.124. The number of carbonyl (C=O) groups is 1. The van der Waals surface area contributed by atoms with Crippen LogP contribution in [-0.4, -0.2) is 11.4 Å². The Kier molecular flexibility index (Phi) is 3.30. The molecule has 1 aromatic rings. The molecule has 1 fully saturated rings. The zero-order chi connectivity index (χ0) is 11.6. The van der Waals surface area contributed by atoms with E-state index in [0.29, 0.717) is 0 Å². The van der Waals surface area contributed by atoms with Crippen molar-refractivity contribution in [3.05, 3.63) is 22.4 Å². The minimum absolute atomic E-state index is 0.0358. The lowest BCUT2D eigenvalue weighted by Gasteiger charge is -2.26. The van der Waals surface area contributed by atoms with Crippen molar-refractivity contribution in [1.29, 1.82) is 0 Å². The van der Waals surface area contributed by atoms with Gasteiger partial charge in [-0.05, 0) is 31.2 Å². The molecule has 1 heterocycles. The van der Waals surface area contributed by atoms with E-state index < -0.39 is 6.04 Å². The molecule has 2 rings (SSSR count). The average molecular weight is 238 g/mol. The number of amides is 1. The Hall–Kier alpha value is -0.870. The first-order valence-electron chi connectivity index (χ1n) is 5.72.